The number of carbonyl (C=O) groups excluding carboxylic acids is 2. The van der Waals surface area contributed by atoms with Gasteiger partial charge in [-0.05, 0) is 87.6 Å². The molecule has 0 spiro atoms. The summed E-state index contributed by atoms with van der Waals surface area (Å²) in [5, 5.41) is 9.86. The number of Topliss-reactive ketones (excluding diaryl/α,β-unsaturated/α-hetero) is 1. The van der Waals surface area contributed by atoms with E-state index in [1.807, 2.05) is 45.0 Å². The number of benzene rings is 2. The second-order valence-electron chi connectivity index (χ2n) is 11.6. The van der Waals surface area contributed by atoms with Crippen molar-refractivity contribution >= 4 is 21.7 Å². The van der Waals surface area contributed by atoms with Crippen molar-refractivity contribution in [1.82, 2.24) is 4.90 Å². The normalized spacial score (nSPS) is 22.0. The van der Waals surface area contributed by atoms with E-state index in [-0.39, 0.29) is 29.1 Å². The number of nitrogens with zero attached hydrogens (tertiary/aromatic N) is 2. The lowest BCUT2D eigenvalue weighted by Gasteiger charge is -2.50. The molecule has 2 aromatic rings. The molecule has 38 heavy (non-hydrogen) atoms. The first-order chi connectivity index (χ1) is 17.9. The van der Waals surface area contributed by atoms with Gasteiger partial charge in [-0.3, -0.25) is 9.69 Å². The Morgan fingerprint density at radius 2 is 1.55 bits per heavy atom. The molecule has 0 aromatic heterocycles. The molecule has 2 bridgehead atoms. The Morgan fingerprint density at radius 1 is 1.00 bits per heavy atom. The van der Waals surface area contributed by atoms with Crippen molar-refractivity contribution in [3.05, 3.63) is 54.1 Å². The quantitative estimate of drug-likeness (QED) is 0.458. The zero-order chi connectivity index (χ0) is 27.7. The predicted octanol–water partition coefficient (Wildman–Crippen LogP) is 5.58. The minimum Gasteiger partial charge on any atom is -0.444 e. The topological polar surface area (TPSA) is 105 Å². The molecule has 0 unspecified atom stereocenters. The Kier molecular flexibility index (Phi) is 7.98. The lowest BCUT2D eigenvalue weighted by molar-refractivity contribution is -0.133. The van der Waals surface area contributed by atoms with Crippen LogP contribution in [0.2, 0.25) is 0 Å². The van der Waals surface area contributed by atoms with Crippen LogP contribution in [0.5, 0.6) is 0 Å². The summed E-state index contributed by atoms with van der Waals surface area (Å²) in [5.74, 6) is -0.435. The van der Waals surface area contributed by atoms with Gasteiger partial charge in [0.05, 0.1) is 22.9 Å². The minimum absolute atomic E-state index is 0.0170. The molecule has 5 rings (SSSR count). The molecule has 2 atom stereocenters. The van der Waals surface area contributed by atoms with E-state index in [2.05, 4.69) is 6.07 Å². The highest BCUT2D eigenvalue weighted by atomic mass is 32.2. The number of hydrogen-bond donors (Lipinski definition) is 0. The summed E-state index contributed by atoms with van der Waals surface area (Å²) in [6, 6.07) is 16.3. The van der Waals surface area contributed by atoms with Crippen LogP contribution in [0.3, 0.4) is 0 Å². The fraction of sp³-hybridized carbons (Fsp3) is 0.500. The molecule has 0 radical (unpaired) electrons. The van der Waals surface area contributed by atoms with E-state index < -0.39 is 33.5 Å². The molecule has 2 aliphatic heterocycles. The fourth-order valence-electron chi connectivity index (χ4n) is 5.68. The number of carbonyl (C=O) groups is 2. The van der Waals surface area contributed by atoms with Crippen LogP contribution in [-0.4, -0.2) is 49.1 Å². The molecule has 1 saturated carbocycles. The highest BCUT2D eigenvalue weighted by Gasteiger charge is 2.48. The number of rotatable bonds is 7. The van der Waals surface area contributed by atoms with Crippen molar-refractivity contribution in [2.75, 3.05) is 6.26 Å². The molecule has 3 aliphatic rings. The van der Waals surface area contributed by atoms with Gasteiger partial charge in [-0.1, -0.05) is 36.4 Å². The lowest BCUT2D eigenvalue weighted by Crippen LogP contribution is -2.61. The van der Waals surface area contributed by atoms with Crippen LogP contribution < -0.4 is 0 Å². The maximum absolute atomic E-state index is 13.5. The molecule has 1 aliphatic carbocycles. The van der Waals surface area contributed by atoms with E-state index in [0.29, 0.717) is 6.42 Å². The van der Waals surface area contributed by atoms with Crippen molar-refractivity contribution in [3.8, 4) is 17.2 Å². The first-order valence-electron chi connectivity index (χ1n) is 13.2. The third kappa shape index (κ3) is 6.44. The van der Waals surface area contributed by atoms with Crippen molar-refractivity contribution in [2.24, 2.45) is 11.8 Å². The summed E-state index contributed by atoms with van der Waals surface area (Å²) in [4.78, 5) is 28.5. The highest BCUT2D eigenvalue weighted by Crippen LogP contribution is 2.41. The van der Waals surface area contributed by atoms with Crippen LogP contribution >= 0.6 is 0 Å². The van der Waals surface area contributed by atoms with Gasteiger partial charge >= 0.3 is 6.09 Å². The van der Waals surface area contributed by atoms with Gasteiger partial charge < -0.3 is 4.74 Å². The number of ketones is 1. The number of fused-ring (bicyclic) bond motifs is 3. The number of amides is 1. The van der Waals surface area contributed by atoms with Crippen molar-refractivity contribution in [3.63, 3.8) is 0 Å². The molecule has 2 aromatic carbocycles. The molecule has 7 nitrogen and oxygen atoms in total. The van der Waals surface area contributed by atoms with E-state index >= 15 is 0 Å². The molecular formula is C30H36N2O5S. The third-order valence-electron chi connectivity index (χ3n) is 7.50. The van der Waals surface area contributed by atoms with Crippen molar-refractivity contribution in [2.45, 2.75) is 81.9 Å². The van der Waals surface area contributed by atoms with Crippen LogP contribution in [0, 0.1) is 23.2 Å². The number of sulfone groups is 1. The van der Waals surface area contributed by atoms with Gasteiger partial charge in [0, 0.05) is 18.7 Å². The van der Waals surface area contributed by atoms with E-state index in [0.717, 1.165) is 42.4 Å². The third-order valence-corrected chi connectivity index (χ3v) is 8.63. The molecule has 2 saturated heterocycles. The molecule has 1 amide bonds. The molecular weight excluding hydrogens is 500 g/mol. The van der Waals surface area contributed by atoms with Crippen molar-refractivity contribution < 1.29 is 22.7 Å². The van der Waals surface area contributed by atoms with Crippen LogP contribution in [0.1, 0.15) is 58.4 Å². The molecule has 2 heterocycles. The summed E-state index contributed by atoms with van der Waals surface area (Å²) in [7, 11) is -3.25. The van der Waals surface area contributed by atoms with Gasteiger partial charge in [0.1, 0.15) is 5.60 Å². The minimum atomic E-state index is -3.25. The average Bonchev–Trinajstić information content (AvgIpc) is 2.87. The van der Waals surface area contributed by atoms with Gasteiger partial charge in [0.15, 0.2) is 15.6 Å². The van der Waals surface area contributed by atoms with E-state index in [9.17, 15) is 23.3 Å². The monoisotopic (exact) mass is 536 g/mol. The Labute approximate surface area is 225 Å². The summed E-state index contributed by atoms with van der Waals surface area (Å²) < 4.78 is 29.1. The highest BCUT2D eigenvalue weighted by molar-refractivity contribution is 7.90. The van der Waals surface area contributed by atoms with Crippen LogP contribution in [-0.2, 0) is 25.8 Å². The smallest absolute Gasteiger partial charge is 0.411 e. The van der Waals surface area contributed by atoms with Crippen LogP contribution in [0.15, 0.2) is 53.4 Å². The van der Waals surface area contributed by atoms with Crippen LogP contribution in [0.25, 0.3) is 11.1 Å². The summed E-state index contributed by atoms with van der Waals surface area (Å²) >= 11 is 0. The zero-order valence-corrected chi connectivity index (χ0v) is 23.3. The first-order valence-corrected chi connectivity index (χ1v) is 15.1. The first kappa shape index (κ1) is 27.8. The fourth-order valence-corrected chi connectivity index (χ4v) is 6.31. The number of nitriles is 1. The zero-order valence-electron chi connectivity index (χ0n) is 22.5. The van der Waals surface area contributed by atoms with Gasteiger partial charge in [-0.2, -0.15) is 5.26 Å². The second-order valence-corrected chi connectivity index (χ2v) is 13.6. The van der Waals surface area contributed by atoms with Crippen molar-refractivity contribution in [1.29, 1.82) is 5.26 Å². The van der Waals surface area contributed by atoms with Gasteiger partial charge in [0.25, 0.3) is 0 Å². The SMILES string of the molecule is CC(C)(C)OC(=O)N1C2CCC(CC2)[C@H]1C(=O)C[C@H](C#N)Cc1ccc(-c2ccc(S(C)(=O)=O)cc2)cc1. The Balaban J connectivity index is 1.43. The molecule has 3 fully saturated rings. The summed E-state index contributed by atoms with van der Waals surface area (Å²) in [6.45, 7) is 5.47. The Bertz CT molecular complexity index is 1310. The second kappa shape index (κ2) is 10.9. The maximum Gasteiger partial charge on any atom is 0.411 e. The Hall–Kier alpha value is -3.18. The number of ether oxygens (including phenoxy) is 1. The molecule has 202 valence electrons. The van der Waals surface area contributed by atoms with Gasteiger partial charge in [-0.15, -0.1) is 0 Å². The maximum atomic E-state index is 13.5. The standard InChI is InChI=1S/C30H36N2O5S/c1-30(2,3)37-29(34)32-25-13-9-24(10-14-25)28(32)27(33)18-21(19-31)17-20-5-7-22(8-6-20)23-11-15-26(16-12-23)38(4,35)36/h5-8,11-12,15-16,21,24-25,28H,9-10,13-14,17-18H2,1-4H3/t21-,24?,25?,28+/m1/s1. The van der Waals surface area contributed by atoms with E-state index in [4.69, 9.17) is 4.74 Å². The Morgan fingerprint density at radius 3 is 2.05 bits per heavy atom. The summed E-state index contributed by atoms with van der Waals surface area (Å²) in [5.41, 5.74) is 2.13. The van der Waals surface area contributed by atoms with E-state index in [1.54, 1.807) is 29.2 Å². The number of hydrogen-bond acceptors (Lipinski definition) is 6. The lowest BCUT2D eigenvalue weighted by atomic mass is 9.72. The van der Waals surface area contributed by atoms with Gasteiger partial charge in [-0.25, -0.2) is 13.2 Å². The molecule has 8 heteroatoms. The van der Waals surface area contributed by atoms with E-state index in [1.165, 1.54) is 6.26 Å². The number of piperidine rings is 2. The largest absolute Gasteiger partial charge is 0.444 e. The summed E-state index contributed by atoms with van der Waals surface area (Å²) in [6.07, 6.45) is 4.90. The molecule has 0 N–H and O–H groups in total. The van der Waals surface area contributed by atoms with Crippen LogP contribution in [0.4, 0.5) is 4.79 Å². The average molecular weight is 537 g/mol. The van der Waals surface area contributed by atoms with Gasteiger partial charge in [0.2, 0.25) is 0 Å². The predicted molar refractivity (Wildman–Crippen MR) is 145 cm³/mol.